The Morgan fingerprint density at radius 1 is 1.07 bits per heavy atom. The molecule has 0 unspecified atom stereocenters. The number of rotatable bonds is 6. The molecular weight excluding hydrogens is 379 g/mol. The number of hydrogen-bond donors (Lipinski definition) is 2. The van der Waals surface area contributed by atoms with Gasteiger partial charge in [0.1, 0.15) is 17.2 Å². The molecule has 0 fully saturated rings. The number of halogens is 3. The second-order valence-electron chi connectivity index (χ2n) is 5.87. The van der Waals surface area contributed by atoms with Crippen molar-refractivity contribution in [2.75, 3.05) is 14.2 Å². The zero-order valence-electron chi connectivity index (χ0n) is 14.9. The van der Waals surface area contributed by atoms with Gasteiger partial charge in [-0.1, -0.05) is 0 Å². The summed E-state index contributed by atoms with van der Waals surface area (Å²) in [5.74, 6) is -0.600. The van der Waals surface area contributed by atoms with Gasteiger partial charge >= 0.3 is 12.3 Å². The lowest BCUT2D eigenvalue weighted by Gasteiger charge is -2.11. The second kappa shape index (κ2) is 7.34. The molecule has 0 atom stereocenters. The number of aliphatic carboxylic acids is 1. The zero-order chi connectivity index (χ0) is 20.5. The van der Waals surface area contributed by atoms with Gasteiger partial charge in [-0.3, -0.25) is 4.79 Å². The van der Waals surface area contributed by atoms with Gasteiger partial charge in [-0.05, 0) is 35.9 Å². The van der Waals surface area contributed by atoms with Crippen LogP contribution in [0.4, 0.5) is 13.2 Å². The topological polar surface area (TPSA) is 80.8 Å². The van der Waals surface area contributed by atoms with Crippen LogP contribution in [0.15, 0.2) is 36.4 Å². The van der Waals surface area contributed by atoms with Crippen molar-refractivity contribution < 1.29 is 37.3 Å². The van der Waals surface area contributed by atoms with Crippen molar-refractivity contribution in [1.82, 2.24) is 4.98 Å². The Hall–Kier alpha value is -3.36. The van der Waals surface area contributed by atoms with Crippen LogP contribution < -0.4 is 14.2 Å². The summed E-state index contributed by atoms with van der Waals surface area (Å²) in [7, 11) is 2.95. The molecule has 0 aliphatic carbocycles. The van der Waals surface area contributed by atoms with E-state index in [1.807, 2.05) is 0 Å². The Kier molecular flexibility index (Phi) is 5.08. The summed E-state index contributed by atoms with van der Waals surface area (Å²) in [6.07, 6.45) is -5.25. The van der Waals surface area contributed by atoms with Crippen LogP contribution in [-0.2, 0) is 11.2 Å². The van der Waals surface area contributed by atoms with Gasteiger partial charge in [0.05, 0.1) is 26.3 Å². The summed E-state index contributed by atoms with van der Waals surface area (Å²) in [5, 5.41) is 9.62. The maximum Gasteiger partial charge on any atom is 0.573 e. The highest BCUT2D eigenvalue weighted by molar-refractivity contribution is 5.95. The Balaban J connectivity index is 2.21. The summed E-state index contributed by atoms with van der Waals surface area (Å²) in [5.41, 5.74) is 1.77. The van der Waals surface area contributed by atoms with E-state index in [1.54, 1.807) is 18.2 Å². The fourth-order valence-corrected chi connectivity index (χ4v) is 2.99. The first-order chi connectivity index (χ1) is 13.2. The average molecular weight is 395 g/mol. The Morgan fingerprint density at radius 2 is 1.79 bits per heavy atom. The van der Waals surface area contributed by atoms with Gasteiger partial charge in [-0.15, -0.1) is 13.2 Å². The minimum atomic E-state index is -4.85. The van der Waals surface area contributed by atoms with Crippen molar-refractivity contribution >= 4 is 16.9 Å². The van der Waals surface area contributed by atoms with E-state index in [4.69, 9.17) is 9.47 Å². The van der Waals surface area contributed by atoms with Crippen LogP contribution in [0.5, 0.6) is 17.2 Å². The highest BCUT2D eigenvalue weighted by atomic mass is 19.4. The molecule has 0 amide bonds. The van der Waals surface area contributed by atoms with Crippen LogP contribution in [0.1, 0.15) is 5.56 Å². The number of hydrogen-bond acceptors (Lipinski definition) is 4. The zero-order valence-corrected chi connectivity index (χ0v) is 14.9. The first kappa shape index (κ1) is 19.4. The molecule has 3 rings (SSSR count). The number of fused-ring (bicyclic) bond motifs is 1. The van der Waals surface area contributed by atoms with Crippen molar-refractivity contribution in [3.05, 3.63) is 42.0 Å². The number of benzene rings is 2. The van der Waals surface area contributed by atoms with Gasteiger partial charge in [0.15, 0.2) is 0 Å². The minimum absolute atomic E-state index is 0.317. The Labute approximate surface area is 157 Å². The summed E-state index contributed by atoms with van der Waals surface area (Å²) >= 11 is 0. The largest absolute Gasteiger partial charge is 0.573 e. The Bertz CT molecular complexity index is 1030. The number of carboxylic acid groups (broad SMARTS) is 1. The fourth-order valence-electron chi connectivity index (χ4n) is 2.99. The molecule has 0 spiro atoms. The van der Waals surface area contributed by atoms with Crippen molar-refractivity contribution in [2.24, 2.45) is 0 Å². The average Bonchev–Trinajstić information content (AvgIpc) is 2.97. The van der Waals surface area contributed by atoms with Crippen molar-refractivity contribution in [2.45, 2.75) is 12.8 Å². The molecular formula is C19H16F3NO5. The summed E-state index contributed by atoms with van der Waals surface area (Å²) < 4.78 is 52.1. The molecule has 1 heterocycles. The minimum Gasteiger partial charge on any atom is -0.497 e. The van der Waals surface area contributed by atoms with Gasteiger partial charge in [-0.25, -0.2) is 0 Å². The maximum absolute atomic E-state index is 12.5. The Morgan fingerprint density at radius 3 is 2.39 bits per heavy atom. The third kappa shape index (κ3) is 3.98. The predicted octanol–water partition coefficient (Wildman–Crippen LogP) is 4.38. The molecule has 3 aromatic rings. The molecule has 0 aliphatic rings. The highest BCUT2D eigenvalue weighted by Crippen LogP contribution is 2.39. The molecule has 9 heteroatoms. The van der Waals surface area contributed by atoms with E-state index in [9.17, 15) is 23.1 Å². The number of carboxylic acids is 1. The van der Waals surface area contributed by atoms with Gasteiger partial charge in [-0.2, -0.15) is 0 Å². The second-order valence-corrected chi connectivity index (χ2v) is 5.87. The van der Waals surface area contributed by atoms with Gasteiger partial charge < -0.3 is 24.3 Å². The van der Waals surface area contributed by atoms with E-state index in [1.165, 1.54) is 20.3 Å². The molecule has 0 bridgehead atoms. The first-order valence-corrected chi connectivity index (χ1v) is 8.06. The SMILES string of the molecule is COc1ccc(-c2[nH]c3ccc(OC(F)(F)F)cc3c2CC(=O)O)c(OC)c1. The predicted molar refractivity (Wildman–Crippen MR) is 94.9 cm³/mol. The van der Waals surface area contributed by atoms with Gasteiger partial charge in [0, 0.05) is 22.5 Å². The van der Waals surface area contributed by atoms with Crippen LogP contribution in [0, 0.1) is 0 Å². The summed E-state index contributed by atoms with van der Waals surface area (Å²) in [4.78, 5) is 14.5. The van der Waals surface area contributed by atoms with Crippen molar-refractivity contribution in [1.29, 1.82) is 0 Å². The normalized spacial score (nSPS) is 11.5. The van der Waals surface area contributed by atoms with Crippen molar-refractivity contribution in [3.8, 4) is 28.5 Å². The maximum atomic E-state index is 12.5. The lowest BCUT2D eigenvalue weighted by Crippen LogP contribution is -2.17. The van der Waals surface area contributed by atoms with E-state index in [0.717, 1.165) is 12.1 Å². The molecule has 2 aromatic carbocycles. The molecule has 0 radical (unpaired) electrons. The molecule has 1 aromatic heterocycles. The van der Waals surface area contributed by atoms with Crippen LogP contribution >= 0.6 is 0 Å². The number of H-pyrrole nitrogens is 1. The molecule has 2 N–H and O–H groups in total. The standard InChI is InChI=1S/C19H16F3NO5/c1-26-10-3-5-12(16(8-10)27-2)18-14(9-17(24)25)13-7-11(28-19(20,21)22)4-6-15(13)23-18/h3-8,23H,9H2,1-2H3,(H,24,25). The van der Waals surface area contributed by atoms with E-state index in [-0.39, 0.29) is 0 Å². The summed E-state index contributed by atoms with van der Waals surface area (Å²) in [6.45, 7) is 0. The van der Waals surface area contributed by atoms with Crippen LogP contribution in [-0.4, -0.2) is 36.6 Å². The molecule has 0 saturated carbocycles. The lowest BCUT2D eigenvalue weighted by molar-refractivity contribution is -0.274. The monoisotopic (exact) mass is 395 g/mol. The van der Waals surface area contributed by atoms with Gasteiger partial charge in [0.2, 0.25) is 0 Å². The molecule has 0 saturated heterocycles. The fraction of sp³-hybridized carbons (Fsp3) is 0.211. The lowest BCUT2D eigenvalue weighted by atomic mass is 10.0. The first-order valence-electron chi connectivity index (χ1n) is 8.06. The van der Waals surface area contributed by atoms with E-state index in [0.29, 0.717) is 39.2 Å². The van der Waals surface area contributed by atoms with Crippen LogP contribution in [0.3, 0.4) is 0 Å². The quantitative estimate of drug-likeness (QED) is 0.648. The number of aromatic amines is 1. The third-order valence-electron chi connectivity index (χ3n) is 4.12. The smallest absolute Gasteiger partial charge is 0.497 e. The van der Waals surface area contributed by atoms with Crippen LogP contribution in [0.2, 0.25) is 0 Å². The van der Waals surface area contributed by atoms with E-state index < -0.39 is 24.5 Å². The van der Waals surface area contributed by atoms with Gasteiger partial charge in [0.25, 0.3) is 0 Å². The highest BCUT2D eigenvalue weighted by Gasteiger charge is 2.31. The van der Waals surface area contributed by atoms with E-state index >= 15 is 0 Å². The molecule has 0 aliphatic heterocycles. The number of alkyl halides is 3. The summed E-state index contributed by atoms with van der Waals surface area (Å²) in [6, 6.07) is 8.71. The number of aromatic nitrogens is 1. The van der Waals surface area contributed by atoms with Crippen LogP contribution in [0.25, 0.3) is 22.2 Å². The number of carbonyl (C=O) groups is 1. The molecule has 28 heavy (non-hydrogen) atoms. The number of methoxy groups -OCH3 is 2. The molecule has 6 nitrogen and oxygen atoms in total. The van der Waals surface area contributed by atoms with Crippen molar-refractivity contribution in [3.63, 3.8) is 0 Å². The number of ether oxygens (including phenoxy) is 3. The number of nitrogens with one attached hydrogen (secondary N) is 1. The molecule has 148 valence electrons. The third-order valence-corrected chi connectivity index (χ3v) is 4.12. The van der Waals surface area contributed by atoms with E-state index in [2.05, 4.69) is 9.72 Å².